The Balaban J connectivity index is 1.63. The minimum atomic E-state index is -0.312. The highest BCUT2D eigenvalue weighted by molar-refractivity contribution is 5.91. The van der Waals surface area contributed by atoms with Gasteiger partial charge in [-0.05, 0) is 23.8 Å². The first-order chi connectivity index (χ1) is 10.8. The van der Waals surface area contributed by atoms with Crippen molar-refractivity contribution in [3.05, 3.63) is 72.2 Å². The van der Waals surface area contributed by atoms with Crippen LogP contribution in [0.2, 0.25) is 0 Å². The lowest BCUT2D eigenvalue weighted by atomic mass is 10.2. The number of benzene rings is 1. The summed E-state index contributed by atoms with van der Waals surface area (Å²) in [6, 6.07) is 14.4. The van der Waals surface area contributed by atoms with Crippen LogP contribution in [0.25, 0.3) is 0 Å². The fourth-order valence-electron chi connectivity index (χ4n) is 1.85. The van der Waals surface area contributed by atoms with Gasteiger partial charge in [0.05, 0.1) is 6.20 Å². The highest BCUT2D eigenvalue weighted by atomic mass is 16.5. The van der Waals surface area contributed by atoms with Gasteiger partial charge in [0, 0.05) is 24.9 Å². The van der Waals surface area contributed by atoms with Crippen LogP contribution >= 0.6 is 0 Å². The van der Waals surface area contributed by atoms with E-state index in [4.69, 9.17) is 9.26 Å². The molecule has 1 aromatic carbocycles. The minimum Gasteiger partial charge on any atom is -0.439 e. The summed E-state index contributed by atoms with van der Waals surface area (Å²) < 4.78 is 10.4. The third-order valence-electron chi connectivity index (χ3n) is 2.87. The SMILES string of the molecule is O=C(NCc1cccc(Oc2ccccn2)c1)c1ccno1. The number of amides is 1. The molecule has 2 heterocycles. The van der Waals surface area contributed by atoms with Crippen molar-refractivity contribution in [2.45, 2.75) is 6.54 Å². The zero-order valence-corrected chi connectivity index (χ0v) is 11.6. The van der Waals surface area contributed by atoms with Gasteiger partial charge in [0.1, 0.15) is 5.75 Å². The lowest BCUT2D eigenvalue weighted by molar-refractivity contribution is 0.0914. The second kappa shape index (κ2) is 6.53. The third-order valence-corrected chi connectivity index (χ3v) is 2.87. The molecule has 0 fully saturated rings. The first-order valence-corrected chi connectivity index (χ1v) is 6.68. The van der Waals surface area contributed by atoms with Gasteiger partial charge in [0.2, 0.25) is 11.6 Å². The largest absolute Gasteiger partial charge is 0.439 e. The number of ether oxygens (including phenoxy) is 1. The van der Waals surface area contributed by atoms with E-state index in [-0.39, 0.29) is 11.7 Å². The molecule has 0 aliphatic carbocycles. The number of nitrogens with one attached hydrogen (secondary N) is 1. The molecule has 0 unspecified atom stereocenters. The summed E-state index contributed by atoms with van der Waals surface area (Å²) in [4.78, 5) is 15.9. The van der Waals surface area contributed by atoms with Crippen LogP contribution in [0.3, 0.4) is 0 Å². The zero-order chi connectivity index (χ0) is 15.2. The average Bonchev–Trinajstić information content (AvgIpc) is 3.08. The van der Waals surface area contributed by atoms with E-state index in [1.54, 1.807) is 12.3 Å². The van der Waals surface area contributed by atoms with E-state index >= 15 is 0 Å². The Morgan fingerprint density at radius 3 is 2.86 bits per heavy atom. The molecular weight excluding hydrogens is 282 g/mol. The van der Waals surface area contributed by atoms with Gasteiger partial charge < -0.3 is 14.6 Å². The molecule has 0 aliphatic heterocycles. The van der Waals surface area contributed by atoms with Crippen molar-refractivity contribution in [3.8, 4) is 11.6 Å². The predicted octanol–water partition coefficient (Wildman–Crippen LogP) is 2.79. The molecule has 110 valence electrons. The Hall–Kier alpha value is -3.15. The molecule has 2 aromatic heterocycles. The van der Waals surface area contributed by atoms with Crippen LogP contribution in [-0.2, 0) is 6.54 Å². The van der Waals surface area contributed by atoms with Crippen LogP contribution in [0.1, 0.15) is 16.1 Å². The summed E-state index contributed by atoms with van der Waals surface area (Å²) in [5.74, 6) is 1.05. The van der Waals surface area contributed by atoms with E-state index in [1.165, 1.54) is 12.3 Å². The van der Waals surface area contributed by atoms with Crippen LogP contribution in [0.15, 0.2) is 65.4 Å². The van der Waals surface area contributed by atoms with E-state index < -0.39 is 0 Å². The second-order valence-corrected chi connectivity index (χ2v) is 4.48. The number of rotatable bonds is 5. The average molecular weight is 295 g/mol. The molecule has 0 bridgehead atoms. The van der Waals surface area contributed by atoms with Crippen molar-refractivity contribution in [1.29, 1.82) is 0 Å². The van der Waals surface area contributed by atoms with Crippen molar-refractivity contribution < 1.29 is 14.1 Å². The van der Waals surface area contributed by atoms with Crippen LogP contribution < -0.4 is 10.1 Å². The number of carbonyl (C=O) groups excluding carboxylic acids is 1. The predicted molar refractivity (Wildman–Crippen MR) is 78.4 cm³/mol. The Morgan fingerprint density at radius 1 is 1.14 bits per heavy atom. The number of carbonyl (C=O) groups is 1. The number of nitrogens with zero attached hydrogens (tertiary/aromatic N) is 2. The monoisotopic (exact) mass is 295 g/mol. The van der Waals surface area contributed by atoms with E-state index in [2.05, 4.69) is 15.5 Å². The lowest BCUT2D eigenvalue weighted by Gasteiger charge is -2.07. The molecule has 0 saturated carbocycles. The molecule has 6 nitrogen and oxygen atoms in total. The maximum atomic E-state index is 11.8. The molecule has 1 N–H and O–H groups in total. The maximum Gasteiger partial charge on any atom is 0.290 e. The molecule has 0 saturated heterocycles. The smallest absolute Gasteiger partial charge is 0.290 e. The summed E-state index contributed by atoms with van der Waals surface area (Å²) >= 11 is 0. The highest BCUT2D eigenvalue weighted by Crippen LogP contribution is 2.19. The molecule has 6 heteroatoms. The van der Waals surface area contributed by atoms with Gasteiger partial charge in [-0.3, -0.25) is 4.79 Å². The molecule has 0 radical (unpaired) electrons. The Labute approximate surface area is 126 Å². The number of hydrogen-bond acceptors (Lipinski definition) is 5. The number of pyridine rings is 1. The molecular formula is C16H13N3O3. The van der Waals surface area contributed by atoms with Crippen LogP contribution in [-0.4, -0.2) is 16.0 Å². The van der Waals surface area contributed by atoms with Crippen LogP contribution in [0.4, 0.5) is 0 Å². The standard InChI is InChI=1S/C16H13N3O3/c20-16(14-7-9-19-22-14)18-11-12-4-3-5-13(10-12)21-15-6-1-2-8-17-15/h1-10H,11H2,(H,18,20). The van der Waals surface area contributed by atoms with E-state index in [0.29, 0.717) is 18.2 Å². The van der Waals surface area contributed by atoms with Gasteiger partial charge in [-0.15, -0.1) is 0 Å². The van der Waals surface area contributed by atoms with Gasteiger partial charge in [0.25, 0.3) is 5.91 Å². The summed E-state index contributed by atoms with van der Waals surface area (Å²) in [6.07, 6.45) is 3.09. The lowest BCUT2D eigenvalue weighted by Crippen LogP contribution is -2.22. The summed E-state index contributed by atoms with van der Waals surface area (Å²) in [6.45, 7) is 0.360. The molecule has 0 aliphatic rings. The number of hydrogen-bond donors (Lipinski definition) is 1. The highest BCUT2D eigenvalue weighted by Gasteiger charge is 2.09. The first-order valence-electron chi connectivity index (χ1n) is 6.68. The van der Waals surface area contributed by atoms with Crippen LogP contribution in [0, 0.1) is 0 Å². The molecule has 0 spiro atoms. The quantitative estimate of drug-likeness (QED) is 0.783. The summed E-state index contributed by atoms with van der Waals surface area (Å²) in [5.41, 5.74) is 0.904. The Bertz CT molecular complexity index is 742. The molecule has 0 atom stereocenters. The zero-order valence-electron chi connectivity index (χ0n) is 11.6. The van der Waals surface area contributed by atoms with E-state index in [9.17, 15) is 4.79 Å². The van der Waals surface area contributed by atoms with Crippen molar-refractivity contribution in [3.63, 3.8) is 0 Å². The fraction of sp³-hybridized carbons (Fsp3) is 0.0625. The van der Waals surface area contributed by atoms with Gasteiger partial charge in [-0.1, -0.05) is 23.4 Å². The second-order valence-electron chi connectivity index (χ2n) is 4.48. The van der Waals surface area contributed by atoms with Crippen molar-refractivity contribution >= 4 is 5.91 Å². The third kappa shape index (κ3) is 3.49. The van der Waals surface area contributed by atoms with Crippen molar-refractivity contribution in [1.82, 2.24) is 15.5 Å². The summed E-state index contributed by atoms with van der Waals surface area (Å²) in [7, 11) is 0. The van der Waals surface area contributed by atoms with Gasteiger partial charge in [-0.25, -0.2) is 4.98 Å². The van der Waals surface area contributed by atoms with Crippen molar-refractivity contribution in [2.24, 2.45) is 0 Å². The van der Waals surface area contributed by atoms with Gasteiger partial charge in [0.15, 0.2) is 0 Å². The summed E-state index contributed by atoms with van der Waals surface area (Å²) in [5, 5.41) is 6.24. The first kappa shape index (κ1) is 13.8. The molecule has 3 rings (SSSR count). The Kier molecular flexibility index (Phi) is 4.10. The van der Waals surface area contributed by atoms with Crippen molar-refractivity contribution in [2.75, 3.05) is 0 Å². The van der Waals surface area contributed by atoms with Gasteiger partial charge in [-0.2, -0.15) is 0 Å². The maximum absolute atomic E-state index is 11.8. The minimum absolute atomic E-state index is 0.181. The van der Waals surface area contributed by atoms with Gasteiger partial charge >= 0.3 is 0 Å². The number of aromatic nitrogens is 2. The van der Waals surface area contributed by atoms with Crippen LogP contribution in [0.5, 0.6) is 11.6 Å². The molecule has 22 heavy (non-hydrogen) atoms. The molecule has 1 amide bonds. The molecule has 3 aromatic rings. The Morgan fingerprint density at radius 2 is 2.09 bits per heavy atom. The van der Waals surface area contributed by atoms with E-state index in [0.717, 1.165) is 5.56 Å². The van der Waals surface area contributed by atoms with E-state index in [1.807, 2.05) is 36.4 Å². The topological polar surface area (TPSA) is 77.2 Å². The fourth-order valence-corrected chi connectivity index (χ4v) is 1.85. The normalized spacial score (nSPS) is 10.2.